The Hall–Kier alpha value is -3.12. The van der Waals surface area contributed by atoms with Crippen LogP contribution in [0, 0.1) is 6.92 Å². The molecule has 1 aliphatic heterocycles. The van der Waals surface area contributed by atoms with E-state index in [-0.39, 0.29) is 17.7 Å². The van der Waals surface area contributed by atoms with Crippen molar-refractivity contribution < 1.29 is 13.2 Å². The number of hydrogen-bond acceptors (Lipinski definition) is 3. The number of anilines is 1. The molecule has 1 atom stereocenters. The molecule has 1 N–H and O–H groups in total. The van der Waals surface area contributed by atoms with Crippen molar-refractivity contribution in [3.8, 4) is 0 Å². The second-order valence-electron chi connectivity index (χ2n) is 7.82. The van der Waals surface area contributed by atoms with Crippen molar-refractivity contribution in [2.45, 2.75) is 25.8 Å². The summed E-state index contributed by atoms with van der Waals surface area (Å²) in [6.45, 7) is 2.52. The molecule has 0 aliphatic carbocycles. The van der Waals surface area contributed by atoms with Gasteiger partial charge in [-0.1, -0.05) is 54.6 Å². The number of sulfonamides is 1. The van der Waals surface area contributed by atoms with Crippen molar-refractivity contribution in [3.63, 3.8) is 0 Å². The summed E-state index contributed by atoms with van der Waals surface area (Å²) in [5, 5.41) is 3.15. The van der Waals surface area contributed by atoms with Crippen molar-refractivity contribution in [1.29, 1.82) is 0 Å². The first-order valence-corrected chi connectivity index (χ1v) is 12.1. The summed E-state index contributed by atoms with van der Waals surface area (Å²) in [6.07, 6.45) is 1.54. The second-order valence-corrected chi connectivity index (χ2v) is 9.83. The number of aryl methyl sites for hydroxylation is 1. The quantitative estimate of drug-likeness (QED) is 0.645. The highest BCUT2D eigenvalue weighted by Gasteiger charge is 2.26. The predicted molar refractivity (Wildman–Crippen MR) is 124 cm³/mol. The van der Waals surface area contributed by atoms with Crippen LogP contribution < -0.4 is 9.62 Å². The summed E-state index contributed by atoms with van der Waals surface area (Å²) in [5.74, 6) is -0.0325. The maximum Gasteiger partial charge on any atom is 0.252 e. The molecule has 1 aliphatic rings. The molecule has 0 bridgehead atoms. The molecule has 160 valence electrons. The molecule has 4 rings (SSSR count). The summed E-state index contributed by atoms with van der Waals surface area (Å²) in [7, 11) is -3.27. The fraction of sp³-hybridized carbons (Fsp3) is 0.240. The van der Waals surface area contributed by atoms with Gasteiger partial charge in [0.15, 0.2) is 0 Å². The average Bonchev–Trinajstić information content (AvgIpc) is 2.78. The SMILES string of the molecule is Cc1ccccc1C(NC(=O)c1ccc(N2CCCCS2(=O)=O)cc1)c1ccccc1. The normalized spacial score (nSPS) is 16.5. The first kappa shape index (κ1) is 21.1. The van der Waals surface area contributed by atoms with E-state index in [9.17, 15) is 13.2 Å². The molecule has 0 saturated carbocycles. The third-order valence-electron chi connectivity index (χ3n) is 5.67. The van der Waals surface area contributed by atoms with Crippen molar-refractivity contribution >= 4 is 21.6 Å². The van der Waals surface area contributed by atoms with Crippen LogP contribution >= 0.6 is 0 Å². The number of benzene rings is 3. The molecule has 1 amide bonds. The number of carbonyl (C=O) groups excluding carboxylic acids is 1. The predicted octanol–water partition coefficient (Wildman–Crippen LogP) is 4.44. The number of amides is 1. The van der Waals surface area contributed by atoms with Crippen molar-refractivity contribution in [2.24, 2.45) is 0 Å². The molecule has 3 aromatic carbocycles. The largest absolute Gasteiger partial charge is 0.341 e. The zero-order valence-corrected chi connectivity index (χ0v) is 18.3. The van der Waals surface area contributed by atoms with Gasteiger partial charge < -0.3 is 5.32 Å². The Morgan fingerprint density at radius 1 is 0.903 bits per heavy atom. The van der Waals surface area contributed by atoms with Crippen LogP contribution in [0.5, 0.6) is 0 Å². The van der Waals surface area contributed by atoms with E-state index in [1.807, 2.05) is 61.5 Å². The molecule has 6 heteroatoms. The lowest BCUT2D eigenvalue weighted by atomic mass is 9.94. The molecule has 0 spiro atoms. The van der Waals surface area contributed by atoms with Crippen LogP contribution in [-0.2, 0) is 10.0 Å². The molecule has 5 nitrogen and oxygen atoms in total. The van der Waals surface area contributed by atoms with E-state index >= 15 is 0 Å². The Balaban J connectivity index is 1.59. The Bertz CT molecular complexity index is 1160. The van der Waals surface area contributed by atoms with Crippen LogP contribution in [0.3, 0.4) is 0 Å². The Morgan fingerprint density at radius 3 is 2.26 bits per heavy atom. The zero-order chi connectivity index (χ0) is 21.8. The van der Waals surface area contributed by atoms with E-state index < -0.39 is 10.0 Å². The molecular weight excluding hydrogens is 408 g/mol. The maximum absolute atomic E-state index is 13.1. The lowest BCUT2D eigenvalue weighted by molar-refractivity contribution is 0.0943. The van der Waals surface area contributed by atoms with E-state index in [2.05, 4.69) is 5.32 Å². The van der Waals surface area contributed by atoms with Crippen LogP contribution in [0.25, 0.3) is 0 Å². The van der Waals surface area contributed by atoms with Crippen molar-refractivity contribution in [2.75, 3.05) is 16.6 Å². The third-order valence-corrected chi connectivity index (χ3v) is 7.54. The number of rotatable bonds is 5. The van der Waals surface area contributed by atoms with Gasteiger partial charge in [-0.15, -0.1) is 0 Å². The lowest BCUT2D eigenvalue weighted by Gasteiger charge is -2.28. The number of nitrogens with zero attached hydrogens (tertiary/aromatic N) is 1. The number of nitrogens with one attached hydrogen (secondary N) is 1. The third kappa shape index (κ3) is 4.64. The summed E-state index contributed by atoms with van der Waals surface area (Å²) < 4.78 is 26.1. The molecule has 1 unspecified atom stereocenters. The highest BCUT2D eigenvalue weighted by Crippen LogP contribution is 2.27. The fourth-order valence-electron chi connectivity index (χ4n) is 3.97. The van der Waals surface area contributed by atoms with Crippen LogP contribution in [0.15, 0.2) is 78.9 Å². The number of hydrogen-bond donors (Lipinski definition) is 1. The van der Waals surface area contributed by atoms with Crippen LogP contribution in [-0.4, -0.2) is 26.6 Å². The van der Waals surface area contributed by atoms with E-state index in [1.54, 1.807) is 24.3 Å². The summed E-state index contributed by atoms with van der Waals surface area (Å²) in [4.78, 5) is 13.1. The van der Waals surface area contributed by atoms with E-state index in [1.165, 1.54) is 4.31 Å². The first-order valence-electron chi connectivity index (χ1n) is 10.5. The van der Waals surface area contributed by atoms with Crippen LogP contribution in [0.4, 0.5) is 5.69 Å². The van der Waals surface area contributed by atoms with Crippen LogP contribution in [0.1, 0.15) is 45.9 Å². The summed E-state index contributed by atoms with van der Waals surface area (Å²) in [5.41, 5.74) is 4.24. The maximum atomic E-state index is 13.1. The Kier molecular flexibility index (Phi) is 6.09. The minimum absolute atomic E-state index is 0.171. The van der Waals surface area contributed by atoms with Gasteiger partial charge in [0.1, 0.15) is 0 Å². The van der Waals surface area contributed by atoms with Crippen LogP contribution in [0.2, 0.25) is 0 Å². The van der Waals surface area contributed by atoms with Gasteiger partial charge >= 0.3 is 0 Å². The molecular formula is C25H26N2O3S. The standard InChI is InChI=1S/C25H26N2O3S/c1-19-9-5-6-12-23(19)24(20-10-3-2-4-11-20)26-25(28)21-13-15-22(16-14-21)27-17-7-8-18-31(27,29)30/h2-6,9-16,24H,7-8,17-18H2,1H3,(H,26,28). The first-order chi connectivity index (χ1) is 15.0. The molecule has 0 aromatic heterocycles. The monoisotopic (exact) mass is 434 g/mol. The van der Waals surface area contributed by atoms with Crippen molar-refractivity contribution in [1.82, 2.24) is 5.32 Å². The summed E-state index contributed by atoms with van der Waals surface area (Å²) in [6, 6.07) is 24.4. The van der Waals surface area contributed by atoms with Gasteiger partial charge in [-0.05, 0) is 60.7 Å². The highest BCUT2D eigenvalue weighted by atomic mass is 32.2. The topological polar surface area (TPSA) is 66.5 Å². The van der Waals surface area contributed by atoms with Crippen molar-refractivity contribution in [3.05, 3.63) is 101 Å². The second kappa shape index (κ2) is 8.94. The average molecular weight is 435 g/mol. The van der Waals surface area contributed by atoms with Gasteiger partial charge in [-0.2, -0.15) is 0 Å². The Morgan fingerprint density at radius 2 is 1.58 bits per heavy atom. The van der Waals surface area contributed by atoms with Gasteiger partial charge in [-0.3, -0.25) is 9.10 Å². The lowest BCUT2D eigenvalue weighted by Crippen LogP contribution is -2.37. The minimum Gasteiger partial charge on any atom is -0.341 e. The molecule has 1 fully saturated rings. The van der Waals surface area contributed by atoms with E-state index in [0.29, 0.717) is 24.2 Å². The minimum atomic E-state index is -3.27. The molecule has 31 heavy (non-hydrogen) atoms. The van der Waals surface area contributed by atoms with Gasteiger partial charge in [0.05, 0.1) is 17.5 Å². The van der Waals surface area contributed by atoms with Gasteiger partial charge in [0.2, 0.25) is 10.0 Å². The smallest absolute Gasteiger partial charge is 0.252 e. The fourth-order valence-corrected chi connectivity index (χ4v) is 5.61. The number of carbonyl (C=O) groups is 1. The molecule has 1 saturated heterocycles. The Labute approximate surface area is 183 Å². The van der Waals surface area contributed by atoms with Gasteiger partial charge in [0.25, 0.3) is 5.91 Å². The van der Waals surface area contributed by atoms with E-state index in [0.717, 1.165) is 23.1 Å². The summed E-state index contributed by atoms with van der Waals surface area (Å²) >= 11 is 0. The molecule has 1 heterocycles. The van der Waals surface area contributed by atoms with Gasteiger partial charge in [0, 0.05) is 12.1 Å². The zero-order valence-electron chi connectivity index (χ0n) is 17.5. The van der Waals surface area contributed by atoms with E-state index in [4.69, 9.17) is 0 Å². The molecule has 3 aromatic rings. The van der Waals surface area contributed by atoms with Gasteiger partial charge in [-0.25, -0.2) is 8.42 Å². The highest BCUT2D eigenvalue weighted by molar-refractivity contribution is 7.92. The molecule has 0 radical (unpaired) electrons.